The van der Waals surface area contributed by atoms with Gasteiger partial charge in [-0.25, -0.2) is 0 Å². The van der Waals surface area contributed by atoms with Crippen LogP contribution in [0, 0.1) is 50.2 Å². The summed E-state index contributed by atoms with van der Waals surface area (Å²) in [6.07, 6.45) is 11.2. The summed E-state index contributed by atoms with van der Waals surface area (Å²) in [5, 5.41) is 11.1. The number of rotatable bonds is 4. The van der Waals surface area contributed by atoms with Gasteiger partial charge in [-0.3, -0.25) is 4.79 Å². The van der Waals surface area contributed by atoms with Gasteiger partial charge in [-0.15, -0.1) is 0 Å². The van der Waals surface area contributed by atoms with Crippen LogP contribution in [0.1, 0.15) is 112 Å². The summed E-state index contributed by atoms with van der Waals surface area (Å²) in [6.45, 7) is 17.6. The Kier molecular flexibility index (Phi) is 7.18. The highest BCUT2D eigenvalue weighted by atomic mass is 16.5. The number of hydrogen-bond acceptors (Lipinski definition) is 4. The molecule has 0 radical (unpaired) electrons. The van der Waals surface area contributed by atoms with Crippen molar-refractivity contribution in [1.29, 1.82) is 0 Å². The van der Waals surface area contributed by atoms with Gasteiger partial charge in [0.2, 0.25) is 0 Å². The third kappa shape index (κ3) is 4.09. The molecule has 0 amide bonds. The van der Waals surface area contributed by atoms with Crippen LogP contribution in [-0.2, 0) is 20.9 Å². The van der Waals surface area contributed by atoms with E-state index in [1.54, 1.807) is 7.11 Å². The zero-order chi connectivity index (χ0) is 30.3. The second kappa shape index (κ2) is 9.93. The molecule has 0 aromatic heterocycles. The highest BCUT2D eigenvalue weighted by molar-refractivity contribution is 5.79. The Morgan fingerprint density at radius 2 is 1.62 bits per heavy atom. The van der Waals surface area contributed by atoms with Crippen LogP contribution in [0.15, 0.2) is 42.0 Å². The average Bonchev–Trinajstić information content (AvgIpc) is 2.94. The smallest absolute Gasteiger partial charge is 0.315 e. The molecule has 0 saturated heterocycles. The quantitative estimate of drug-likeness (QED) is 0.288. The van der Waals surface area contributed by atoms with Crippen LogP contribution >= 0.6 is 0 Å². The van der Waals surface area contributed by atoms with Crippen LogP contribution < -0.4 is 0 Å². The minimum atomic E-state index is -0.647. The molecule has 1 N–H and O–H groups in total. The number of aliphatic hydroxyl groups is 1. The Labute approximate surface area is 255 Å². The van der Waals surface area contributed by atoms with Crippen LogP contribution in [0.25, 0.3) is 0 Å². The van der Waals surface area contributed by atoms with Gasteiger partial charge >= 0.3 is 5.97 Å². The predicted molar refractivity (Wildman–Crippen MR) is 167 cm³/mol. The topological polar surface area (TPSA) is 55.8 Å². The normalized spacial score (nSPS) is 45.4. The van der Waals surface area contributed by atoms with Crippen molar-refractivity contribution in [3.8, 4) is 0 Å². The molecular weight excluding hydrogens is 520 g/mol. The van der Waals surface area contributed by atoms with E-state index in [1.165, 1.54) is 5.57 Å². The second-order valence-electron chi connectivity index (χ2n) is 17.1. The molecule has 42 heavy (non-hydrogen) atoms. The SMILES string of the molecule is COC(=O)[C@]12CCC(C)(C)CC1C1=CCC3[C@@]4(C)CC[C@H](O)C(C)(C)C4CC[C@@]3(C)[C@]1(C)C[C@H]2OCc1ccccc1. The van der Waals surface area contributed by atoms with Crippen LogP contribution in [-0.4, -0.2) is 30.4 Å². The number of benzene rings is 1. The molecule has 0 spiro atoms. The lowest BCUT2D eigenvalue weighted by Gasteiger charge is -2.71. The second-order valence-corrected chi connectivity index (χ2v) is 17.1. The summed E-state index contributed by atoms with van der Waals surface area (Å²) >= 11 is 0. The molecule has 1 aromatic rings. The van der Waals surface area contributed by atoms with E-state index in [0.717, 1.165) is 63.4 Å². The summed E-state index contributed by atoms with van der Waals surface area (Å²) in [4.78, 5) is 14.1. The zero-order valence-electron chi connectivity index (χ0n) is 27.6. The van der Waals surface area contributed by atoms with E-state index < -0.39 is 5.41 Å². The molecule has 9 atom stereocenters. The first-order chi connectivity index (χ1) is 19.7. The molecule has 4 saturated carbocycles. The van der Waals surface area contributed by atoms with E-state index in [2.05, 4.69) is 78.8 Å². The molecule has 232 valence electrons. The fourth-order valence-corrected chi connectivity index (χ4v) is 11.8. The number of fused-ring (bicyclic) bond motifs is 7. The van der Waals surface area contributed by atoms with Crippen molar-refractivity contribution < 1.29 is 19.4 Å². The van der Waals surface area contributed by atoms with Gasteiger partial charge in [0.15, 0.2) is 0 Å². The van der Waals surface area contributed by atoms with Crippen molar-refractivity contribution in [3.05, 3.63) is 47.5 Å². The van der Waals surface area contributed by atoms with E-state index in [9.17, 15) is 9.90 Å². The molecule has 0 bridgehead atoms. The van der Waals surface area contributed by atoms with Gasteiger partial charge in [0, 0.05) is 0 Å². The van der Waals surface area contributed by atoms with Gasteiger partial charge in [-0.2, -0.15) is 0 Å². The van der Waals surface area contributed by atoms with Crippen molar-refractivity contribution >= 4 is 5.97 Å². The largest absolute Gasteiger partial charge is 0.468 e. The van der Waals surface area contributed by atoms with Gasteiger partial charge in [0.25, 0.3) is 0 Å². The van der Waals surface area contributed by atoms with Crippen molar-refractivity contribution in [2.75, 3.05) is 7.11 Å². The standard InChI is InChI=1S/C38H56O4/c1-33(2)20-21-38(32(40)41-8)27(22-33)26-14-15-29-35(5)18-17-30(39)34(3,4)28(35)16-19-36(29,6)37(26,7)23-31(38)42-24-25-12-10-9-11-13-25/h9-14,27-31,39H,15-24H2,1-8H3/t27?,28?,29?,30-,31+,35-,36+,37+,38+/m0/s1. The molecule has 4 fully saturated rings. The molecule has 0 aliphatic heterocycles. The first-order valence-electron chi connectivity index (χ1n) is 16.8. The maximum Gasteiger partial charge on any atom is 0.315 e. The summed E-state index contributed by atoms with van der Waals surface area (Å²) < 4.78 is 12.7. The molecular formula is C38H56O4. The lowest BCUT2D eigenvalue weighted by Crippen LogP contribution is -2.67. The minimum absolute atomic E-state index is 0.0684. The summed E-state index contributed by atoms with van der Waals surface area (Å²) in [5.74, 6) is 1.11. The van der Waals surface area contributed by atoms with Gasteiger partial charge in [0.1, 0.15) is 5.41 Å². The monoisotopic (exact) mass is 576 g/mol. The molecule has 1 aromatic carbocycles. The summed E-state index contributed by atoms with van der Waals surface area (Å²) in [5.41, 5.74) is 2.34. The molecule has 4 heteroatoms. The number of hydrogen-bond donors (Lipinski definition) is 1. The fraction of sp³-hybridized carbons (Fsp3) is 0.763. The van der Waals surface area contributed by atoms with Gasteiger partial charge in [-0.1, -0.05) is 90.4 Å². The molecule has 5 aliphatic carbocycles. The number of aliphatic hydroxyl groups excluding tert-OH is 1. The van der Waals surface area contributed by atoms with Gasteiger partial charge in [0.05, 0.1) is 25.9 Å². The number of esters is 1. The lowest BCUT2D eigenvalue weighted by molar-refractivity contribution is -0.226. The van der Waals surface area contributed by atoms with Crippen LogP contribution in [0.2, 0.25) is 0 Å². The first kappa shape index (κ1) is 30.4. The number of carbonyl (C=O) groups excluding carboxylic acids is 1. The Morgan fingerprint density at radius 1 is 0.905 bits per heavy atom. The Balaban J connectivity index is 1.47. The van der Waals surface area contributed by atoms with E-state index in [0.29, 0.717) is 18.4 Å². The number of allylic oxidation sites excluding steroid dienone is 2. The van der Waals surface area contributed by atoms with Gasteiger partial charge in [-0.05, 0) is 108 Å². The van der Waals surface area contributed by atoms with Crippen molar-refractivity contribution in [2.24, 2.45) is 50.2 Å². The molecule has 4 nitrogen and oxygen atoms in total. The Bertz CT molecular complexity index is 1230. The van der Waals surface area contributed by atoms with Crippen molar-refractivity contribution in [3.63, 3.8) is 0 Å². The first-order valence-corrected chi connectivity index (χ1v) is 16.8. The number of carbonyl (C=O) groups is 1. The molecule has 6 rings (SSSR count). The van der Waals surface area contributed by atoms with Crippen LogP contribution in [0.4, 0.5) is 0 Å². The fourth-order valence-electron chi connectivity index (χ4n) is 11.8. The van der Waals surface area contributed by atoms with E-state index in [1.807, 2.05) is 6.07 Å². The van der Waals surface area contributed by atoms with Gasteiger partial charge < -0.3 is 14.6 Å². The Hall–Kier alpha value is -1.65. The zero-order valence-corrected chi connectivity index (χ0v) is 27.6. The highest BCUT2D eigenvalue weighted by Gasteiger charge is 2.71. The third-order valence-electron chi connectivity index (χ3n) is 14.5. The molecule has 5 aliphatic rings. The highest BCUT2D eigenvalue weighted by Crippen LogP contribution is 2.76. The average molecular weight is 577 g/mol. The van der Waals surface area contributed by atoms with E-state index in [-0.39, 0.29) is 51.2 Å². The maximum atomic E-state index is 14.1. The van der Waals surface area contributed by atoms with E-state index in [4.69, 9.17) is 9.47 Å². The maximum absolute atomic E-state index is 14.1. The molecule has 0 heterocycles. The lowest BCUT2D eigenvalue weighted by atomic mass is 9.33. The van der Waals surface area contributed by atoms with Crippen LogP contribution in [0.5, 0.6) is 0 Å². The van der Waals surface area contributed by atoms with Crippen molar-refractivity contribution in [1.82, 2.24) is 0 Å². The molecule has 3 unspecified atom stereocenters. The number of methoxy groups -OCH3 is 1. The third-order valence-corrected chi connectivity index (χ3v) is 14.5. The Morgan fingerprint density at radius 3 is 2.31 bits per heavy atom. The minimum Gasteiger partial charge on any atom is -0.468 e. The van der Waals surface area contributed by atoms with Crippen molar-refractivity contribution in [2.45, 2.75) is 125 Å². The summed E-state index contributed by atoms with van der Waals surface area (Å²) in [7, 11) is 1.57. The number of ether oxygens (including phenoxy) is 2. The van der Waals surface area contributed by atoms with Crippen LogP contribution in [0.3, 0.4) is 0 Å². The predicted octanol–water partition coefficient (Wildman–Crippen LogP) is 8.52. The van der Waals surface area contributed by atoms with E-state index >= 15 is 0 Å². The summed E-state index contributed by atoms with van der Waals surface area (Å²) in [6, 6.07) is 10.4.